The molecule has 0 N–H and O–H groups in total. The van der Waals surface area contributed by atoms with Crippen LogP contribution in [0.3, 0.4) is 0 Å². The molecule has 0 saturated heterocycles. The van der Waals surface area contributed by atoms with Crippen molar-refractivity contribution in [2.45, 2.75) is 24.9 Å². The molecule has 1 unspecified atom stereocenters. The minimum Gasteiger partial charge on any atom is -0.125 e. The van der Waals surface area contributed by atoms with Crippen LogP contribution in [0.2, 0.25) is 0 Å². The fraction of sp³-hybridized carbons (Fsp3) is 0.100. The van der Waals surface area contributed by atoms with Crippen LogP contribution < -0.4 is 9.13 Å². The van der Waals surface area contributed by atoms with Crippen molar-refractivity contribution in [3.8, 4) is 22.4 Å². The Morgan fingerprint density at radius 2 is 1.24 bits per heavy atom. The second-order valence-electron chi connectivity index (χ2n) is 12.7. The third-order valence-electron chi connectivity index (χ3n) is 10.8. The lowest BCUT2D eigenvalue weighted by molar-refractivity contribution is -0.950. The quantitative estimate of drug-likeness (QED) is 0.141. The smallest absolute Gasteiger partial charge is 0.125 e. The SMILES string of the molecule is Cc1cc2c3c(c1)C1(c4ccccc4-c4ccccc41)c1ccc4ccc5ccc[n+]6c5c4c1C36[n+]1ccc(C)cc1-2. The van der Waals surface area contributed by atoms with Gasteiger partial charge in [-0.05, 0) is 81.9 Å². The number of nitrogens with zero attached hydrogens (tertiary/aromatic N) is 2. The van der Waals surface area contributed by atoms with Crippen molar-refractivity contribution in [1.82, 2.24) is 0 Å². The van der Waals surface area contributed by atoms with Gasteiger partial charge in [-0.15, -0.1) is 9.13 Å². The molecule has 2 heteroatoms. The molecular weight excluding hydrogens is 508 g/mol. The Morgan fingerprint density at radius 3 is 2.05 bits per heavy atom. The fourth-order valence-corrected chi connectivity index (χ4v) is 9.50. The van der Waals surface area contributed by atoms with Gasteiger partial charge in [0.1, 0.15) is 11.1 Å². The van der Waals surface area contributed by atoms with E-state index in [9.17, 15) is 0 Å². The molecule has 5 aromatic carbocycles. The zero-order valence-corrected chi connectivity index (χ0v) is 23.4. The molecular formula is C40H26N2+2. The highest BCUT2D eigenvalue weighted by atomic mass is 15.3. The van der Waals surface area contributed by atoms with Crippen molar-refractivity contribution >= 4 is 21.7 Å². The number of hydrogen-bond donors (Lipinski definition) is 0. The van der Waals surface area contributed by atoms with Crippen LogP contribution in [0.25, 0.3) is 44.1 Å². The molecule has 2 aliphatic heterocycles. The van der Waals surface area contributed by atoms with Crippen molar-refractivity contribution in [3.63, 3.8) is 0 Å². The van der Waals surface area contributed by atoms with E-state index in [0.717, 1.165) is 0 Å². The highest BCUT2D eigenvalue weighted by Gasteiger charge is 2.73. The molecule has 0 bridgehead atoms. The van der Waals surface area contributed by atoms with Crippen molar-refractivity contribution < 1.29 is 9.13 Å². The Balaban J connectivity index is 1.49. The largest absolute Gasteiger partial charge is 0.418 e. The van der Waals surface area contributed by atoms with E-state index in [1.807, 2.05) is 0 Å². The predicted octanol–water partition coefficient (Wildman–Crippen LogP) is 7.45. The standard InChI is InChI=1S/C40H26N2/c1-23-17-19-41-34(22-23)29-20-24(2)21-33-36(29)40(41)37-32(16-15-25-13-14-26-8-7-18-42(40)38(26)35(25)37)39(33)30-11-5-3-9-27(30)28-10-4-6-12-31(28)39/h3-22H,1-2H3/q+2. The molecule has 2 spiro atoms. The van der Waals surface area contributed by atoms with Gasteiger partial charge in [-0.3, -0.25) is 0 Å². The zero-order valence-electron chi connectivity index (χ0n) is 23.4. The lowest BCUT2D eigenvalue weighted by Crippen LogP contribution is -2.73. The summed E-state index contributed by atoms with van der Waals surface area (Å²) in [7, 11) is 0. The molecule has 0 radical (unpaired) electrons. The summed E-state index contributed by atoms with van der Waals surface area (Å²) in [6, 6.07) is 41.9. The van der Waals surface area contributed by atoms with E-state index in [1.54, 1.807) is 0 Å². The van der Waals surface area contributed by atoms with E-state index < -0.39 is 11.1 Å². The second kappa shape index (κ2) is 6.69. The first-order chi connectivity index (χ1) is 20.6. The van der Waals surface area contributed by atoms with Crippen molar-refractivity contribution in [2.75, 3.05) is 0 Å². The van der Waals surface area contributed by atoms with Crippen LogP contribution in [0.15, 0.2) is 122 Å². The van der Waals surface area contributed by atoms with Crippen LogP contribution in [0, 0.1) is 13.8 Å². The third-order valence-corrected chi connectivity index (χ3v) is 10.8. The first-order valence-electron chi connectivity index (χ1n) is 14.9. The first kappa shape index (κ1) is 21.6. The Bertz CT molecular complexity index is 2400. The molecule has 1 atom stereocenters. The van der Waals surface area contributed by atoms with E-state index in [-0.39, 0.29) is 0 Å². The lowest BCUT2D eigenvalue weighted by atomic mass is 9.58. The zero-order chi connectivity index (χ0) is 27.5. The molecule has 0 saturated carbocycles. The minimum atomic E-state index is -0.489. The van der Waals surface area contributed by atoms with Crippen LogP contribution in [0.4, 0.5) is 0 Å². The monoisotopic (exact) mass is 534 g/mol. The molecule has 42 heavy (non-hydrogen) atoms. The predicted molar refractivity (Wildman–Crippen MR) is 166 cm³/mol. The number of aromatic nitrogens is 2. The number of pyridine rings is 2. The lowest BCUT2D eigenvalue weighted by Gasteiger charge is -2.41. The molecule has 0 amide bonds. The molecule has 0 fully saturated rings. The average molecular weight is 535 g/mol. The van der Waals surface area contributed by atoms with Gasteiger partial charge in [0.15, 0.2) is 12.4 Å². The summed E-state index contributed by atoms with van der Waals surface area (Å²) in [5.41, 5.74) is 16.9. The molecule has 4 aliphatic rings. The van der Waals surface area contributed by atoms with E-state index >= 15 is 0 Å². The summed E-state index contributed by atoms with van der Waals surface area (Å²) in [6.07, 6.45) is 4.67. The van der Waals surface area contributed by atoms with E-state index in [4.69, 9.17) is 0 Å². The highest BCUT2D eigenvalue weighted by molar-refractivity contribution is 6.09. The Labute approximate surface area is 243 Å². The Morgan fingerprint density at radius 1 is 0.500 bits per heavy atom. The molecule has 11 rings (SSSR count). The van der Waals surface area contributed by atoms with Crippen molar-refractivity contribution in [2.24, 2.45) is 0 Å². The van der Waals surface area contributed by atoms with Crippen molar-refractivity contribution in [1.29, 1.82) is 0 Å². The van der Waals surface area contributed by atoms with Crippen LogP contribution in [-0.2, 0) is 11.1 Å². The summed E-state index contributed by atoms with van der Waals surface area (Å²) in [6.45, 7) is 4.49. The van der Waals surface area contributed by atoms with Crippen LogP contribution >= 0.6 is 0 Å². The molecule has 2 nitrogen and oxygen atoms in total. The Kier molecular flexibility index (Phi) is 3.45. The van der Waals surface area contributed by atoms with E-state index in [0.29, 0.717) is 0 Å². The topological polar surface area (TPSA) is 7.76 Å². The number of rotatable bonds is 0. The maximum absolute atomic E-state index is 2.60. The van der Waals surface area contributed by atoms with E-state index in [2.05, 4.69) is 145 Å². The summed E-state index contributed by atoms with van der Waals surface area (Å²) >= 11 is 0. The van der Waals surface area contributed by atoms with Gasteiger partial charge < -0.3 is 0 Å². The number of aryl methyl sites for hydroxylation is 2. The van der Waals surface area contributed by atoms with Gasteiger partial charge in [-0.1, -0.05) is 72.8 Å². The fourth-order valence-electron chi connectivity index (χ4n) is 9.50. The molecule has 2 aliphatic carbocycles. The normalized spacial score (nSPS) is 18.5. The maximum Gasteiger partial charge on any atom is 0.418 e. The van der Waals surface area contributed by atoms with Gasteiger partial charge >= 0.3 is 5.66 Å². The third kappa shape index (κ3) is 1.99. The summed E-state index contributed by atoms with van der Waals surface area (Å²) in [5.74, 6) is 0. The van der Waals surface area contributed by atoms with Gasteiger partial charge in [0, 0.05) is 23.6 Å². The van der Waals surface area contributed by atoms with Crippen LogP contribution in [0.1, 0.15) is 44.5 Å². The summed E-state index contributed by atoms with van der Waals surface area (Å²) < 4.78 is 5.19. The molecule has 2 aromatic heterocycles. The molecule has 7 aromatic rings. The highest BCUT2D eigenvalue weighted by Crippen LogP contribution is 2.65. The van der Waals surface area contributed by atoms with Gasteiger partial charge in [-0.25, -0.2) is 0 Å². The van der Waals surface area contributed by atoms with Gasteiger partial charge in [-0.2, -0.15) is 0 Å². The maximum atomic E-state index is 2.60. The summed E-state index contributed by atoms with van der Waals surface area (Å²) in [5, 5.41) is 4.00. The molecule has 194 valence electrons. The van der Waals surface area contributed by atoms with Gasteiger partial charge in [0.2, 0.25) is 11.2 Å². The first-order valence-corrected chi connectivity index (χ1v) is 14.9. The van der Waals surface area contributed by atoms with Crippen LogP contribution in [-0.4, -0.2) is 0 Å². The second-order valence-corrected chi connectivity index (χ2v) is 12.7. The average Bonchev–Trinajstić information content (AvgIpc) is 3.60. The molecule has 4 heterocycles. The van der Waals surface area contributed by atoms with Crippen molar-refractivity contribution in [3.05, 3.63) is 166 Å². The number of benzene rings is 5. The number of fused-ring (bicyclic) bond motifs is 9. The van der Waals surface area contributed by atoms with Gasteiger partial charge in [0.05, 0.1) is 16.4 Å². The van der Waals surface area contributed by atoms with E-state index in [1.165, 1.54) is 88.6 Å². The van der Waals surface area contributed by atoms with Gasteiger partial charge in [0.25, 0.3) is 0 Å². The number of hydrogen-bond acceptors (Lipinski definition) is 0. The Hall–Kier alpha value is -5.08. The minimum absolute atomic E-state index is 0.404. The summed E-state index contributed by atoms with van der Waals surface area (Å²) in [4.78, 5) is 0. The van der Waals surface area contributed by atoms with Crippen LogP contribution in [0.5, 0.6) is 0 Å².